The molecule has 2 N–H and O–H groups in total. The molecule has 0 spiro atoms. The second kappa shape index (κ2) is 11.8. The number of morpholine rings is 1. The van der Waals surface area contributed by atoms with Crippen molar-refractivity contribution in [2.75, 3.05) is 63.8 Å². The van der Waals surface area contributed by atoms with Crippen molar-refractivity contribution in [1.29, 1.82) is 5.41 Å². The van der Waals surface area contributed by atoms with Crippen molar-refractivity contribution in [3.05, 3.63) is 35.4 Å². The van der Waals surface area contributed by atoms with E-state index in [2.05, 4.69) is 10.2 Å². The lowest BCUT2D eigenvalue weighted by atomic mass is 10.0. The molecule has 11 nitrogen and oxygen atoms in total. The highest BCUT2D eigenvalue weighted by Gasteiger charge is 2.26. The van der Waals surface area contributed by atoms with E-state index in [4.69, 9.17) is 29.6 Å². The zero-order valence-corrected chi connectivity index (χ0v) is 20.7. The minimum absolute atomic E-state index is 0.0901. The number of piperidine rings is 1. The summed E-state index contributed by atoms with van der Waals surface area (Å²) >= 11 is 0. The van der Waals surface area contributed by atoms with Crippen molar-refractivity contribution in [3.63, 3.8) is 0 Å². The van der Waals surface area contributed by atoms with E-state index in [9.17, 15) is 9.59 Å². The van der Waals surface area contributed by atoms with Crippen LogP contribution in [0.15, 0.2) is 24.3 Å². The van der Waals surface area contributed by atoms with Crippen LogP contribution < -0.4 is 10.2 Å². The number of likely N-dealkylation sites (tertiary alicyclic amines) is 1. The number of nitrogens with one attached hydrogen (secondary N) is 2. The fourth-order valence-corrected chi connectivity index (χ4v) is 4.39. The largest absolute Gasteiger partial charge is 0.469 e. The number of methoxy groups -OCH3 is 2. The average Bonchev–Trinajstić information content (AvgIpc) is 2.93. The molecule has 0 unspecified atom stereocenters. The molecule has 36 heavy (non-hydrogen) atoms. The van der Waals surface area contributed by atoms with Gasteiger partial charge in [-0.05, 0) is 18.4 Å². The summed E-state index contributed by atoms with van der Waals surface area (Å²) < 4.78 is 15.1. The van der Waals surface area contributed by atoms with Crippen LogP contribution in [0, 0.1) is 5.41 Å². The molecule has 1 aromatic carbocycles. The van der Waals surface area contributed by atoms with Gasteiger partial charge < -0.3 is 34.7 Å². The number of esters is 1. The van der Waals surface area contributed by atoms with E-state index in [-0.39, 0.29) is 24.5 Å². The quantitative estimate of drug-likeness (QED) is 0.438. The van der Waals surface area contributed by atoms with E-state index in [0.29, 0.717) is 62.4 Å². The third-order valence-electron chi connectivity index (χ3n) is 6.44. The zero-order valence-electron chi connectivity index (χ0n) is 20.7. The van der Waals surface area contributed by atoms with Crippen molar-refractivity contribution in [1.82, 2.24) is 14.9 Å². The van der Waals surface area contributed by atoms with E-state index in [1.54, 1.807) is 4.90 Å². The molecule has 0 radical (unpaired) electrons. The molecule has 2 aliphatic heterocycles. The Kier molecular flexibility index (Phi) is 8.32. The fourth-order valence-electron chi connectivity index (χ4n) is 4.39. The predicted molar refractivity (Wildman–Crippen MR) is 135 cm³/mol. The van der Waals surface area contributed by atoms with Crippen molar-refractivity contribution in [2.24, 2.45) is 0 Å². The molecule has 1 aromatic heterocycles. The summed E-state index contributed by atoms with van der Waals surface area (Å²) in [7, 11) is 2.76. The van der Waals surface area contributed by atoms with Crippen LogP contribution >= 0.6 is 0 Å². The Morgan fingerprint density at radius 1 is 1.08 bits per heavy atom. The van der Waals surface area contributed by atoms with Crippen LogP contribution in [-0.2, 0) is 25.4 Å². The maximum atomic E-state index is 11.8. The molecule has 0 saturated carbocycles. The van der Waals surface area contributed by atoms with Gasteiger partial charge in [-0.25, -0.2) is 14.8 Å². The standard InChI is InChI=1S/C25H32N6O5/c1-34-21(32)15-17-3-5-18(6-4-17)22-28-23(27-19-7-9-31(10-8-19)25(33)35-2)20(16-26)24(29-22)30-11-13-36-14-12-30/h3-6,16,19,26H,7-15H2,1-2H3,(H,27,28,29). The molecule has 11 heteroatoms. The maximum absolute atomic E-state index is 11.8. The van der Waals surface area contributed by atoms with Crippen LogP contribution in [0.4, 0.5) is 16.4 Å². The van der Waals surface area contributed by atoms with Gasteiger partial charge in [0.25, 0.3) is 0 Å². The van der Waals surface area contributed by atoms with Gasteiger partial charge in [0.2, 0.25) is 0 Å². The van der Waals surface area contributed by atoms with Gasteiger partial charge in [-0.15, -0.1) is 0 Å². The summed E-state index contributed by atoms with van der Waals surface area (Å²) in [6.07, 6.45) is 2.64. The molecule has 2 aliphatic rings. The van der Waals surface area contributed by atoms with Crippen LogP contribution in [0.25, 0.3) is 11.4 Å². The minimum atomic E-state index is -0.316. The fraction of sp³-hybridized carbons (Fsp3) is 0.480. The predicted octanol–water partition coefficient (Wildman–Crippen LogP) is 2.34. The van der Waals surface area contributed by atoms with Gasteiger partial charge in [0.05, 0.1) is 39.4 Å². The number of nitrogens with zero attached hydrogens (tertiary/aromatic N) is 4. The molecule has 0 atom stereocenters. The third-order valence-corrected chi connectivity index (χ3v) is 6.44. The number of anilines is 2. The number of amides is 1. The highest BCUT2D eigenvalue weighted by atomic mass is 16.5. The van der Waals surface area contributed by atoms with E-state index >= 15 is 0 Å². The van der Waals surface area contributed by atoms with Gasteiger partial charge in [-0.1, -0.05) is 24.3 Å². The smallest absolute Gasteiger partial charge is 0.409 e. The summed E-state index contributed by atoms with van der Waals surface area (Å²) in [5, 5.41) is 11.7. The first-order valence-electron chi connectivity index (χ1n) is 12.0. The van der Waals surface area contributed by atoms with Crippen LogP contribution in [0.5, 0.6) is 0 Å². The van der Waals surface area contributed by atoms with Gasteiger partial charge in [0.15, 0.2) is 5.82 Å². The van der Waals surface area contributed by atoms with Crippen molar-refractivity contribution < 1.29 is 23.8 Å². The third kappa shape index (κ3) is 5.91. The molecular weight excluding hydrogens is 464 g/mol. The molecule has 192 valence electrons. The SMILES string of the molecule is COC(=O)Cc1ccc(-c2nc(NC3CCN(C(=O)OC)CC3)c(C=N)c(N3CCOCC3)n2)cc1. The Balaban J connectivity index is 1.63. The summed E-state index contributed by atoms with van der Waals surface area (Å²) in [6, 6.07) is 7.60. The monoisotopic (exact) mass is 496 g/mol. The molecule has 0 aliphatic carbocycles. The summed E-state index contributed by atoms with van der Waals surface area (Å²) in [4.78, 5) is 36.9. The van der Waals surface area contributed by atoms with Crippen LogP contribution in [0.2, 0.25) is 0 Å². The number of aromatic nitrogens is 2. The second-order valence-corrected chi connectivity index (χ2v) is 8.70. The Morgan fingerprint density at radius 3 is 2.39 bits per heavy atom. The zero-order chi connectivity index (χ0) is 25.5. The van der Waals surface area contributed by atoms with E-state index in [1.807, 2.05) is 24.3 Å². The first kappa shape index (κ1) is 25.4. The Bertz CT molecular complexity index is 1080. The highest BCUT2D eigenvalue weighted by Crippen LogP contribution is 2.29. The number of benzene rings is 1. The molecule has 1 amide bonds. The topological polar surface area (TPSA) is 130 Å². The molecular formula is C25H32N6O5. The summed E-state index contributed by atoms with van der Waals surface area (Å²) in [5.41, 5.74) is 2.27. The van der Waals surface area contributed by atoms with Gasteiger partial charge in [-0.2, -0.15) is 0 Å². The van der Waals surface area contributed by atoms with Crippen molar-refractivity contribution >= 4 is 29.9 Å². The minimum Gasteiger partial charge on any atom is -0.469 e. The van der Waals surface area contributed by atoms with E-state index in [0.717, 1.165) is 24.0 Å². The average molecular weight is 497 g/mol. The number of carbonyl (C=O) groups excluding carboxylic acids is 2. The van der Waals surface area contributed by atoms with Crippen LogP contribution in [-0.4, -0.2) is 92.8 Å². The number of hydrogen-bond acceptors (Lipinski definition) is 10. The number of rotatable bonds is 7. The molecule has 4 rings (SSSR count). The summed E-state index contributed by atoms with van der Waals surface area (Å²) in [5.74, 6) is 1.51. The Hall–Kier alpha value is -3.73. The number of hydrogen-bond donors (Lipinski definition) is 2. The number of carbonyl (C=O) groups is 2. The number of ether oxygens (including phenoxy) is 3. The van der Waals surface area contributed by atoms with Gasteiger partial charge in [0.1, 0.15) is 11.6 Å². The molecule has 0 bridgehead atoms. The Labute approximate surface area is 210 Å². The van der Waals surface area contributed by atoms with Gasteiger partial charge in [0, 0.05) is 44.0 Å². The first-order valence-corrected chi connectivity index (χ1v) is 12.0. The molecule has 2 saturated heterocycles. The molecule has 3 heterocycles. The molecule has 2 aromatic rings. The van der Waals surface area contributed by atoms with Crippen LogP contribution in [0.3, 0.4) is 0 Å². The van der Waals surface area contributed by atoms with Crippen molar-refractivity contribution in [2.45, 2.75) is 25.3 Å². The lowest BCUT2D eigenvalue weighted by molar-refractivity contribution is -0.139. The molecule has 2 fully saturated rings. The maximum Gasteiger partial charge on any atom is 0.409 e. The van der Waals surface area contributed by atoms with Gasteiger partial charge >= 0.3 is 12.1 Å². The van der Waals surface area contributed by atoms with E-state index < -0.39 is 0 Å². The van der Waals surface area contributed by atoms with Crippen molar-refractivity contribution in [3.8, 4) is 11.4 Å². The lowest BCUT2D eigenvalue weighted by Crippen LogP contribution is -2.42. The lowest BCUT2D eigenvalue weighted by Gasteiger charge is -2.33. The summed E-state index contributed by atoms with van der Waals surface area (Å²) in [6.45, 7) is 3.69. The highest BCUT2D eigenvalue weighted by molar-refractivity contribution is 5.92. The normalized spacial score (nSPS) is 16.4. The Morgan fingerprint density at radius 2 is 1.78 bits per heavy atom. The second-order valence-electron chi connectivity index (χ2n) is 8.70. The van der Waals surface area contributed by atoms with E-state index in [1.165, 1.54) is 20.4 Å². The first-order chi connectivity index (χ1) is 17.5. The van der Waals surface area contributed by atoms with Gasteiger partial charge in [-0.3, -0.25) is 4.79 Å². The van der Waals surface area contributed by atoms with Crippen LogP contribution in [0.1, 0.15) is 24.0 Å².